The number of carbonyl (C=O) groups excluding carboxylic acids is 1. The van der Waals surface area contributed by atoms with Crippen molar-refractivity contribution in [3.8, 4) is 16.9 Å². The summed E-state index contributed by atoms with van der Waals surface area (Å²) in [6.45, 7) is 2.18. The maximum Gasteiger partial charge on any atom is 0.422 e. The van der Waals surface area contributed by atoms with Gasteiger partial charge in [0.15, 0.2) is 0 Å². The van der Waals surface area contributed by atoms with E-state index in [0.29, 0.717) is 23.6 Å². The molecule has 2 aromatic carbocycles. The van der Waals surface area contributed by atoms with Gasteiger partial charge in [0, 0.05) is 0 Å². The van der Waals surface area contributed by atoms with Crippen LogP contribution in [0.15, 0.2) is 36.4 Å². The number of ether oxygens (including phenoxy) is 1. The number of hydrogen-bond acceptors (Lipinski definition) is 2. The molecule has 1 saturated carbocycles. The quantitative estimate of drug-likeness (QED) is 0.184. The van der Waals surface area contributed by atoms with Gasteiger partial charge in [-0.2, -0.15) is 13.2 Å². The Morgan fingerprint density at radius 2 is 1.53 bits per heavy atom. The highest BCUT2D eigenvalue weighted by Crippen LogP contribution is 2.36. The van der Waals surface area contributed by atoms with Crippen LogP contribution in [0.25, 0.3) is 11.1 Å². The molecule has 0 aliphatic heterocycles. The summed E-state index contributed by atoms with van der Waals surface area (Å²) >= 11 is 0. The van der Waals surface area contributed by atoms with Crippen molar-refractivity contribution in [3.05, 3.63) is 53.6 Å². The summed E-state index contributed by atoms with van der Waals surface area (Å²) in [6.07, 6.45) is 3.42. The molecule has 0 unspecified atom stereocenters. The molecule has 174 valence electrons. The lowest BCUT2D eigenvalue weighted by atomic mass is 9.80. The zero-order chi connectivity index (χ0) is 23.3. The van der Waals surface area contributed by atoms with Gasteiger partial charge in [-0.1, -0.05) is 44.7 Å². The highest BCUT2D eigenvalue weighted by atomic mass is 19.4. The Morgan fingerprint density at radius 1 is 0.938 bits per heavy atom. The minimum absolute atomic E-state index is 0.0349. The molecule has 1 aliphatic rings. The summed E-state index contributed by atoms with van der Waals surface area (Å²) in [7, 11) is 0. The van der Waals surface area contributed by atoms with Gasteiger partial charge in [-0.05, 0) is 67.0 Å². The van der Waals surface area contributed by atoms with E-state index in [9.17, 15) is 26.7 Å². The number of benzene rings is 2. The van der Waals surface area contributed by atoms with Crippen LogP contribution in [-0.2, 0) is 11.0 Å². The molecule has 0 bridgehead atoms. The molecule has 0 radical (unpaired) electrons. The average Bonchev–Trinajstić information content (AvgIpc) is 2.73. The van der Waals surface area contributed by atoms with E-state index >= 15 is 0 Å². The molecule has 0 N–H and O–H groups in total. The molecule has 0 amide bonds. The second-order valence-corrected chi connectivity index (χ2v) is 8.47. The van der Waals surface area contributed by atoms with Crippen LogP contribution < -0.4 is 4.74 Å². The molecule has 0 saturated heterocycles. The fourth-order valence-electron chi connectivity index (χ4n) is 4.30. The van der Waals surface area contributed by atoms with Crippen molar-refractivity contribution < 1.29 is 31.5 Å². The number of rotatable bonds is 7. The monoisotopic (exact) mass is 454 g/mol. The van der Waals surface area contributed by atoms with Crippen molar-refractivity contribution in [2.75, 3.05) is 0 Å². The number of esters is 1. The maximum absolute atomic E-state index is 13.8. The van der Waals surface area contributed by atoms with Crippen molar-refractivity contribution >= 4 is 5.97 Å². The Kier molecular flexibility index (Phi) is 7.91. The highest BCUT2D eigenvalue weighted by molar-refractivity contribution is 5.75. The molecule has 32 heavy (non-hydrogen) atoms. The lowest BCUT2D eigenvalue weighted by molar-refractivity contribution is -0.142. The van der Waals surface area contributed by atoms with Gasteiger partial charge in [-0.3, -0.25) is 4.79 Å². The largest absolute Gasteiger partial charge is 0.426 e. The normalized spacial score (nSPS) is 19.1. The van der Waals surface area contributed by atoms with E-state index in [-0.39, 0.29) is 23.2 Å². The molecule has 7 heteroatoms. The van der Waals surface area contributed by atoms with Crippen LogP contribution in [0.4, 0.5) is 22.0 Å². The zero-order valence-electron chi connectivity index (χ0n) is 18.0. The first-order valence-electron chi connectivity index (χ1n) is 11.1. The van der Waals surface area contributed by atoms with E-state index in [1.54, 1.807) is 0 Å². The van der Waals surface area contributed by atoms with Crippen molar-refractivity contribution in [2.24, 2.45) is 11.8 Å². The van der Waals surface area contributed by atoms with E-state index in [4.69, 9.17) is 4.74 Å². The van der Waals surface area contributed by atoms with Crippen LogP contribution in [0.5, 0.6) is 5.75 Å². The van der Waals surface area contributed by atoms with Crippen LogP contribution >= 0.6 is 0 Å². The van der Waals surface area contributed by atoms with Gasteiger partial charge in [-0.15, -0.1) is 0 Å². The average molecular weight is 454 g/mol. The molecule has 0 spiro atoms. The van der Waals surface area contributed by atoms with Gasteiger partial charge in [0.2, 0.25) is 0 Å². The summed E-state index contributed by atoms with van der Waals surface area (Å²) in [4.78, 5) is 12.5. The number of alkyl halides is 3. The molecule has 1 aliphatic carbocycles. The second-order valence-electron chi connectivity index (χ2n) is 8.47. The lowest BCUT2D eigenvalue weighted by Crippen LogP contribution is -2.25. The van der Waals surface area contributed by atoms with Gasteiger partial charge in [0.05, 0.1) is 5.92 Å². The molecule has 0 heterocycles. The van der Waals surface area contributed by atoms with Gasteiger partial charge < -0.3 is 4.74 Å². The third-order valence-corrected chi connectivity index (χ3v) is 6.13. The van der Waals surface area contributed by atoms with E-state index in [2.05, 4.69) is 6.92 Å². The lowest BCUT2D eigenvalue weighted by Gasteiger charge is -2.27. The van der Waals surface area contributed by atoms with Crippen molar-refractivity contribution in [1.82, 2.24) is 0 Å². The van der Waals surface area contributed by atoms with Gasteiger partial charge in [0.1, 0.15) is 22.9 Å². The van der Waals surface area contributed by atoms with Gasteiger partial charge >= 0.3 is 12.1 Å². The highest BCUT2D eigenvalue weighted by Gasteiger charge is 2.38. The number of carbonyl (C=O) groups is 1. The van der Waals surface area contributed by atoms with Gasteiger partial charge in [0.25, 0.3) is 0 Å². The zero-order valence-corrected chi connectivity index (χ0v) is 18.0. The van der Waals surface area contributed by atoms with Crippen LogP contribution in [-0.4, -0.2) is 5.97 Å². The smallest absolute Gasteiger partial charge is 0.422 e. The summed E-state index contributed by atoms with van der Waals surface area (Å²) < 4.78 is 71.3. The Balaban J connectivity index is 1.59. The maximum atomic E-state index is 13.8. The van der Waals surface area contributed by atoms with E-state index in [1.165, 1.54) is 49.9 Å². The van der Waals surface area contributed by atoms with E-state index in [1.807, 2.05) is 0 Å². The topological polar surface area (TPSA) is 26.3 Å². The molecule has 2 nitrogen and oxygen atoms in total. The SMILES string of the molecule is CCCCCC1CCC(C(=O)Oc2ccc(-c3cc(F)c(C(F)(F)F)c(F)c3)cc2)CC1. The minimum Gasteiger partial charge on any atom is -0.426 e. The Bertz CT molecular complexity index is 890. The Morgan fingerprint density at radius 3 is 2.06 bits per heavy atom. The van der Waals surface area contributed by atoms with E-state index in [0.717, 1.165) is 25.7 Å². The predicted octanol–water partition coefficient (Wildman–Crippen LogP) is 7.94. The molecule has 0 atom stereocenters. The van der Waals surface area contributed by atoms with Gasteiger partial charge in [-0.25, -0.2) is 8.78 Å². The van der Waals surface area contributed by atoms with Crippen LogP contribution in [0, 0.1) is 23.5 Å². The Hall–Kier alpha value is -2.44. The summed E-state index contributed by atoms with van der Waals surface area (Å²) in [5.74, 6) is -2.82. The molecular weight excluding hydrogens is 427 g/mol. The van der Waals surface area contributed by atoms with E-state index < -0.39 is 23.4 Å². The molecule has 0 aromatic heterocycles. The first-order chi connectivity index (χ1) is 15.2. The Labute approximate surface area is 184 Å². The predicted molar refractivity (Wildman–Crippen MR) is 112 cm³/mol. The number of unbranched alkanes of at least 4 members (excludes halogenated alkanes) is 2. The van der Waals surface area contributed by atoms with Crippen molar-refractivity contribution in [2.45, 2.75) is 64.5 Å². The first kappa shape index (κ1) is 24.2. The summed E-state index contributed by atoms with van der Waals surface area (Å²) in [5.41, 5.74) is -1.64. The number of hydrogen-bond donors (Lipinski definition) is 0. The summed E-state index contributed by atoms with van der Waals surface area (Å²) in [5, 5.41) is 0. The standard InChI is InChI=1S/C25H27F5O2/c1-2-3-4-5-16-6-8-18(9-7-16)24(31)32-20-12-10-17(11-13-20)19-14-21(26)23(22(27)15-19)25(28,29)30/h10-16,18H,2-9H2,1H3. The number of halogens is 5. The molecule has 1 fully saturated rings. The first-order valence-corrected chi connectivity index (χ1v) is 11.1. The third-order valence-electron chi connectivity index (χ3n) is 6.13. The fourth-order valence-corrected chi connectivity index (χ4v) is 4.30. The summed E-state index contributed by atoms with van der Waals surface area (Å²) in [6, 6.07) is 7.13. The molecule has 2 aromatic rings. The third kappa shape index (κ3) is 6.08. The second kappa shape index (κ2) is 10.5. The fraction of sp³-hybridized carbons (Fsp3) is 0.480. The molecule has 3 rings (SSSR count). The minimum atomic E-state index is -5.11. The molecular formula is C25H27F5O2. The van der Waals surface area contributed by atoms with Crippen molar-refractivity contribution in [3.63, 3.8) is 0 Å². The van der Waals surface area contributed by atoms with Crippen LogP contribution in [0.1, 0.15) is 63.9 Å². The van der Waals surface area contributed by atoms with Crippen molar-refractivity contribution in [1.29, 1.82) is 0 Å². The van der Waals surface area contributed by atoms with Crippen LogP contribution in [0.3, 0.4) is 0 Å². The van der Waals surface area contributed by atoms with Crippen LogP contribution in [0.2, 0.25) is 0 Å².